The van der Waals surface area contributed by atoms with Crippen molar-refractivity contribution >= 4 is 17.5 Å². The summed E-state index contributed by atoms with van der Waals surface area (Å²) in [4.78, 5) is 26.5. The van der Waals surface area contributed by atoms with Crippen LogP contribution in [-0.2, 0) is 6.54 Å². The first-order chi connectivity index (χ1) is 14.2. The molecule has 2 aromatic heterocycles. The Morgan fingerprint density at radius 1 is 1.13 bits per heavy atom. The van der Waals surface area contributed by atoms with Crippen molar-refractivity contribution < 1.29 is 9.90 Å². The van der Waals surface area contributed by atoms with Crippen LogP contribution in [-0.4, -0.2) is 56.3 Å². The van der Waals surface area contributed by atoms with Gasteiger partial charge in [-0.3, -0.25) is 4.79 Å². The quantitative estimate of drug-likeness (QED) is 0.807. The van der Waals surface area contributed by atoms with E-state index in [1.807, 2.05) is 28.7 Å². The Balaban J connectivity index is 1.55. The van der Waals surface area contributed by atoms with E-state index in [1.165, 1.54) is 12.8 Å². The molecule has 3 aliphatic rings. The second kappa shape index (κ2) is 6.70. The lowest BCUT2D eigenvalue weighted by Gasteiger charge is -2.44. The Kier molecular flexibility index (Phi) is 4.32. The lowest BCUT2D eigenvalue weighted by atomic mass is 9.96. The minimum Gasteiger partial charge on any atom is -0.386 e. The number of pyridine rings is 1. The minimum atomic E-state index is -0.660. The number of aliphatic hydroxyl groups is 1. The SMILES string of the molecule is CC1(O)CN(c2cn(-c3cc(N4CCCCCC4(C)C)nc4c3C(=O)NC4)cn2)C1. The van der Waals surface area contributed by atoms with Crippen LogP contribution in [0, 0.1) is 0 Å². The van der Waals surface area contributed by atoms with Gasteiger partial charge in [0.25, 0.3) is 5.91 Å². The molecule has 0 bridgehead atoms. The van der Waals surface area contributed by atoms with E-state index in [9.17, 15) is 9.90 Å². The molecule has 2 aromatic rings. The van der Waals surface area contributed by atoms with Gasteiger partial charge in [-0.15, -0.1) is 0 Å². The zero-order valence-electron chi connectivity index (χ0n) is 18.0. The van der Waals surface area contributed by atoms with Gasteiger partial charge in [0.2, 0.25) is 0 Å². The molecule has 0 spiro atoms. The summed E-state index contributed by atoms with van der Waals surface area (Å²) in [6.07, 6.45) is 8.43. The average Bonchev–Trinajstić information content (AvgIpc) is 3.24. The fourth-order valence-electron chi connectivity index (χ4n) is 4.95. The number of aromatic nitrogens is 3. The van der Waals surface area contributed by atoms with Crippen molar-refractivity contribution in [2.45, 2.75) is 64.1 Å². The molecule has 5 rings (SSSR count). The molecule has 0 aliphatic carbocycles. The van der Waals surface area contributed by atoms with Crippen LogP contribution in [0.15, 0.2) is 18.6 Å². The zero-order chi connectivity index (χ0) is 21.1. The van der Waals surface area contributed by atoms with Crippen molar-refractivity contribution in [2.75, 3.05) is 29.4 Å². The molecule has 0 unspecified atom stereocenters. The Bertz CT molecular complexity index is 988. The van der Waals surface area contributed by atoms with Gasteiger partial charge in [-0.1, -0.05) is 12.8 Å². The number of hydrogen-bond donors (Lipinski definition) is 2. The molecule has 160 valence electrons. The van der Waals surface area contributed by atoms with Crippen molar-refractivity contribution in [1.82, 2.24) is 19.9 Å². The molecule has 2 fully saturated rings. The molecule has 0 atom stereocenters. The lowest BCUT2D eigenvalue weighted by Crippen LogP contribution is -2.60. The molecular weight excluding hydrogens is 380 g/mol. The number of hydrogen-bond acceptors (Lipinski definition) is 6. The number of anilines is 2. The molecule has 30 heavy (non-hydrogen) atoms. The molecule has 0 radical (unpaired) electrons. The molecule has 5 heterocycles. The van der Waals surface area contributed by atoms with E-state index in [0.717, 1.165) is 42.4 Å². The normalized spacial score (nSPS) is 22.3. The highest BCUT2D eigenvalue weighted by atomic mass is 16.3. The maximum Gasteiger partial charge on any atom is 0.255 e. The zero-order valence-corrected chi connectivity index (χ0v) is 18.0. The van der Waals surface area contributed by atoms with Crippen LogP contribution in [0.2, 0.25) is 0 Å². The minimum absolute atomic E-state index is 0.0222. The first kappa shape index (κ1) is 19.4. The van der Waals surface area contributed by atoms with Crippen LogP contribution in [0.4, 0.5) is 11.6 Å². The lowest BCUT2D eigenvalue weighted by molar-refractivity contribution is 0.0306. The van der Waals surface area contributed by atoms with Crippen LogP contribution in [0.3, 0.4) is 0 Å². The second-order valence-corrected chi connectivity index (χ2v) is 9.77. The van der Waals surface area contributed by atoms with Crippen LogP contribution >= 0.6 is 0 Å². The molecular formula is C22H30N6O2. The molecule has 3 aliphatic heterocycles. The van der Waals surface area contributed by atoms with E-state index in [-0.39, 0.29) is 11.4 Å². The number of β-amino-alcohol motifs (C(OH)–C–C–N with tert-alkyl or cyclic N) is 1. The van der Waals surface area contributed by atoms with Gasteiger partial charge < -0.3 is 24.8 Å². The summed E-state index contributed by atoms with van der Waals surface area (Å²) in [5.41, 5.74) is 1.61. The largest absolute Gasteiger partial charge is 0.386 e. The van der Waals surface area contributed by atoms with Gasteiger partial charge in [-0.2, -0.15) is 0 Å². The Morgan fingerprint density at radius 3 is 2.70 bits per heavy atom. The first-order valence-corrected chi connectivity index (χ1v) is 10.9. The number of nitrogens with zero attached hydrogens (tertiary/aromatic N) is 5. The highest BCUT2D eigenvalue weighted by molar-refractivity contribution is 6.01. The molecule has 8 heteroatoms. The smallest absolute Gasteiger partial charge is 0.255 e. The van der Waals surface area contributed by atoms with Gasteiger partial charge in [-0.05, 0) is 33.6 Å². The van der Waals surface area contributed by atoms with E-state index in [0.29, 0.717) is 25.2 Å². The van der Waals surface area contributed by atoms with E-state index in [2.05, 4.69) is 29.0 Å². The number of nitrogens with one attached hydrogen (secondary N) is 1. The van der Waals surface area contributed by atoms with Crippen molar-refractivity contribution in [3.63, 3.8) is 0 Å². The standard InChI is InChI=1S/C22H30N6O2/c1-21(2)7-5-4-6-8-28(21)17-9-16(19-15(25-17)10-23-20(19)29)26-11-18(24-14-26)27-12-22(3,30)13-27/h9,11,14,30H,4-8,10,12-13H2,1-3H3,(H,23,29). The third kappa shape index (κ3) is 3.23. The van der Waals surface area contributed by atoms with E-state index >= 15 is 0 Å². The van der Waals surface area contributed by atoms with Gasteiger partial charge in [0.1, 0.15) is 18.0 Å². The van der Waals surface area contributed by atoms with E-state index < -0.39 is 5.60 Å². The van der Waals surface area contributed by atoms with Crippen LogP contribution < -0.4 is 15.1 Å². The molecule has 2 N–H and O–H groups in total. The van der Waals surface area contributed by atoms with Gasteiger partial charge in [0.05, 0.1) is 35.3 Å². The first-order valence-electron chi connectivity index (χ1n) is 10.9. The van der Waals surface area contributed by atoms with Crippen LogP contribution in [0.5, 0.6) is 0 Å². The highest BCUT2D eigenvalue weighted by Crippen LogP contribution is 2.35. The predicted octanol–water partition coefficient (Wildman–Crippen LogP) is 2.24. The average molecular weight is 411 g/mol. The van der Waals surface area contributed by atoms with Crippen LogP contribution in [0.1, 0.15) is 62.5 Å². The Labute approximate surface area is 176 Å². The number of rotatable bonds is 3. The Hall–Kier alpha value is -2.61. The van der Waals surface area contributed by atoms with Gasteiger partial charge in [0.15, 0.2) is 0 Å². The van der Waals surface area contributed by atoms with Gasteiger partial charge in [-0.25, -0.2) is 9.97 Å². The molecule has 2 saturated heterocycles. The fourth-order valence-corrected chi connectivity index (χ4v) is 4.95. The van der Waals surface area contributed by atoms with Gasteiger partial charge >= 0.3 is 0 Å². The summed E-state index contributed by atoms with van der Waals surface area (Å²) in [6, 6.07) is 2.04. The van der Waals surface area contributed by atoms with Crippen LogP contribution in [0.25, 0.3) is 5.69 Å². The molecule has 0 aromatic carbocycles. The van der Waals surface area contributed by atoms with E-state index in [1.54, 1.807) is 6.33 Å². The van der Waals surface area contributed by atoms with Crippen molar-refractivity contribution in [3.05, 3.63) is 29.8 Å². The summed E-state index contributed by atoms with van der Waals surface area (Å²) in [6.45, 7) is 8.94. The summed E-state index contributed by atoms with van der Waals surface area (Å²) in [5, 5.41) is 13.0. The molecule has 0 saturated carbocycles. The second-order valence-electron chi connectivity index (χ2n) is 9.77. The van der Waals surface area contributed by atoms with Crippen molar-refractivity contribution in [3.8, 4) is 5.69 Å². The van der Waals surface area contributed by atoms with Crippen molar-refractivity contribution in [1.29, 1.82) is 0 Å². The summed E-state index contributed by atoms with van der Waals surface area (Å²) < 4.78 is 1.92. The maximum atomic E-state index is 12.6. The predicted molar refractivity (Wildman–Crippen MR) is 115 cm³/mol. The van der Waals surface area contributed by atoms with Crippen molar-refractivity contribution in [2.24, 2.45) is 0 Å². The third-order valence-corrected chi connectivity index (χ3v) is 6.62. The highest BCUT2D eigenvalue weighted by Gasteiger charge is 2.38. The fraction of sp³-hybridized carbons (Fsp3) is 0.591. The number of carbonyl (C=O) groups is 1. The van der Waals surface area contributed by atoms with Gasteiger partial charge in [0, 0.05) is 31.2 Å². The molecule has 1 amide bonds. The summed E-state index contributed by atoms with van der Waals surface area (Å²) in [7, 11) is 0. The number of imidazole rings is 1. The Morgan fingerprint density at radius 2 is 1.93 bits per heavy atom. The summed E-state index contributed by atoms with van der Waals surface area (Å²) >= 11 is 0. The maximum absolute atomic E-state index is 12.6. The monoisotopic (exact) mass is 410 g/mol. The number of amides is 1. The topological polar surface area (TPSA) is 86.5 Å². The summed E-state index contributed by atoms with van der Waals surface area (Å²) in [5.74, 6) is 1.65. The third-order valence-electron chi connectivity index (χ3n) is 6.62. The molecule has 8 nitrogen and oxygen atoms in total. The number of carbonyl (C=O) groups excluding carboxylic acids is 1. The van der Waals surface area contributed by atoms with E-state index in [4.69, 9.17) is 4.98 Å². The number of fused-ring (bicyclic) bond motifs is 1.